The summed E-state index contributed by atoms with van der Waals surface area (Å²) in [6.07, 6.45) is 3.76. The summed E-state index contributed by atoms with van der Waals surface area (Å²) in [4.78, 5) is 31.8. The number of amides is 1. The van der Waals surface area contributed by atoms with E-state index in [0.29, 0.717) is 11.6 Å². The molecule has 6 nitrogen and oxygen atoms in total. The molecule has 24 heavy (non-hydrogen) atoms. The van der Waals surface area contributed by atoms with Crippen LogP contribution >= 0.6 is 0 Å². The van der Waals surface area contributed by atoms with Gasteiger partial charge in [-0.3, -0.25) is 9.78 Å². The molecule has 0 aliphatic rings. The Morgan fingerprint density at radius 1 is 1.21 bits per heavy atom. The van der Waals surface area contributed by atoms with Gasteiger partial charge in [-0.25, -0.2) is 9.78 Å². The number of carbonyl (C=O) groups excluding carboxylic acids is 2. The lowest BCUT2D eigenvalue weighted by atomic mass is 9.97. The number of para-hydroxylation sites is 1. The van der Waals surface area contributed by atoms with Gasteiger partial charge < -0.3 is 10.1 Å². The first kappa shape index (κ1) is 17.6. The van der Waals surface area contributed by atoms with Crippen LogP contribution in [0.25, 0.3) is 0 Å². The molecule has 6 heteroatoms. The molecule has 0 aliphatic carbocycles. The molecule has 0 saturated carbocycles. The number of nitrogens with zero attached hydrogens (tertiary/aromatic N) is 2. The second-order valence-electron chi connectivity index (χ2n) is 5.56. The van der Waals surface area contributed by atoms with E-state index in [0.717, 1.165) is 17.7 Å². The van der Waals surface area contributed by atoms with Gasteiger partial charge in [0.2, 0.25) is 0 Å². The zero-order valence-electron chi connectivity index (χ0n) is 14.1. The lowest BCUT2D eigenvalue weighted by Crippen LogP contribution is -2.22. The quantitative estimate of drug-likeness (QED) is 0.825. The average Bonchev–Trinajstić information content (AvgIpc) is 2.60. The van der Waals surface area contributed by atoms with Crippen LogP contribution in [0.1, 0.15) is 47.9 Å². The minimum atomic E-state index is -0.673. The lowest BCUT2D eigenvalue weighted by molar-refractivity contribution is -0.119. The highest BCUT2D eigenvalue weighted by molar-refractivity contribution is 5.95. The molecule has 0 bridgehead atoms. The second-order valence-corrected chi connectivity index (χ2v) is 5.56. The van der Waals surface area contributed by atoms with Crippen LogP contribution in [0.3, 0.4) is 0 Å². The Balaban J connectivity index is 1.94. The maximum Gasteiger partial charge on any atom is 0.359 e. The van der Waals surface area contributed by atoms with Crippen LogP contribution in [0.15, 0.2) is 36.7 Å². The average molecular weight is 327 g/mol. The molecule has 1 aromatic heterocycles. The second kappa shape index (κ2) is 8.19. The summed E-state index contributed by atoms with van der Waals surface area (Å²) < 4.78 is 4.98. The monoisotopic (exact) mass is 327 g/mol. The van der Waals surface area contributed by atoms with E-state index >= 15 is 0 Å². The van der Waals surface area contributed by atoms with Crippen molar-refractivity contribution in [1.82, 2.24) is 9.97 Å². The smallest absolute Gasteiger partial charge is 0.359 e. The molecular weight excluding hydrogens is 306 g/mol. The maximum atomic E-state index is 12.0. The van der Waals surface area contributed by atoms with E-state index in [1.807, 2.05) is 24.3 Å². The van der Waals surface area contributed by atoms with Gasteiger partial charge in [0.25, 0.3) is 5.91 Å². The minimum Gasteiger partial charge on any atom is -0.451 e. The molecule has 1 heterocycles. The van der Waals surface area contributed by atoms with E-state index in [-0.39, 0.29) is 18.2 Å². The SMILES string of the molecule is CC[C@@H](C)c1ccccc1NC(=O)COC(=O)c1cnc(C)cn1. The van der Waals surface area contributed by atoms with Crippen LogP contribution in [0.5, 0.6) is 0 Å². The molecule has 126 valence electrons. The van der Waals surface area contributed by atoms with Crippen molar-refractivity contribution in [3.05, 3.63) is 53.6 Å². The number of aryl methyl sites for hydroxylation is 1. The molecular formula is C18H21N3O3. The van der Waals surface area contributed by atoms with Gasteiger partial charge in [0.15, 0.2) is 12.3 Å². The normalized spacial score (nSPS) is 11.6. The van der Waals surface area contributed by atoms with E-state index in [9.17, 15) is 9.59 Å². The van der Waals surface area contributed by atoms with E-state index in [2.05, 4.69) is 29.1 Å². The third kappa shape index (κ3) is 4.62. The zero-order valence-corrected chi connectivity index (χ0v) is 14.1. The number of nitrogens with one attached hydrogen (secondary N) is 1. The third-order valence-electron chi connectivity index (χ3n) is 3.70. The number of hydrogen-bond donors (Lipinski definition) is 1. The van der Waals surface area contributed by atoms with Gasteiger partial charge in [0, 0.05) is 11.9 Å². The Hall–Kier alpha value is -2.76. The molecule has 0 unspecified atom stereocenters. The Morgan fingerprint density at radius 2 is 1.96 bits per heavy atom. The van der Waals surface area contributed by atoms with Crippen molar-refractivity contribution in [3.63, 3.8) is 0 Å². The van der Waals surface area contributed by atoms with Crippen molar-refractivity contribution in [2.24, 2.45) is 0 Å². The van der Waals surface area contributed by atoms with Crippen LogP contribution in [0, 0.1) is 6.92 Å². The summed E-state index contributed by atoms with van der Waals surface area (Å²) in [5.74, 6) is -0.737. The number of esters is 1. The van der Waals surface area contributed by atoms with Crippen LogP contribution in [-0.2, 0) is 9.53 Å². The number of ether oxygens (including phenoxy) is 1. The summed E-state index contributed by atoms with van der Waals surface area (Å²) >= 11 is 0. The molecule has 1 N–H and O–H groups in total. The fourth-order valence-electron chi connectivity index (χ4n) is 2.15. The van der Waals surface area contributed by atoms with Crippen LogP contribution < -0.4 is 5.32 Å². The van der Waals surface area contributed by atoms with Crippen molar-refractivity contribution in [1.29, 1.82) is 0 Å². The summed E-state index contributed by atoms with van der Waals surface area (Å²) in [5, 5.41) is 2.79. The number of aromatic nitrogens is 2. The van der Waals surface area contributed by atoms with E-state index in [1.54, 1.807) is 6.92 Å². The molecule has 0 saturated heterocycles. The van der Waals surface area contributed by atoms with E-state index in [4.69, 9.17) is 4.74 Å². The Morgan fingerprint density at radius 3 is 2.62 bits per heavy atom. The van der Waals surface area contributed by atoms with Gasteiger partial charge >= 0.3 is 5.97 Å². The first-order valence-corrected chi connectivity index (χ1v) is 7.85. The predicted molar refractivity (Wildman–Crippen MR) is 90.8 cm³/mol. The molecule has 1 atom stereocenters. The highest BCUT2D eigenvalue weighted by Gasteiger charge is 2.14. The van der Waals surface area contributed by atoms with Crippen LogP contribution in [0.2, 0.25) is 0 Å². The summed E-state index contributed by atoms with van der Waals surface area (Å²) in [5.41, 5.74) is 2.58. The first-order chi connectivity index (χ1) is 11.5. The molecule has 1 amide bonds. The number of benzene rings is 1. The molecule has 2 aromatic rings. The van der Waals surface area contributed by atoms with Gasteiger partial charge in [0.1, 0.15) is 0 Å². The van der Waals surface area contributed by atoms with Gasteiger partial charge in [0.05, 0.1) is 11.9 Å². The van der Waals surface area contributed by atoms with Gasteiger partial charge in [-0.05, 0) is 30.9 Å². The van der Waals surface area contributed by atoms with Crippen molar-refractivity contribution in [3.8, 4) is 0 Å². The van der Waals surface area contributed by atoms with Gasteiger partial charge in [-0.1, -0.05) is 32.0 Å². The maximum absolute atomic E-state index is 12.0. The molecule has 0 aliphatic heterocycles. The van der Waals surface area contributed by atoms with E-state index in [1.165, 1.54) is 12.4 Å². The lowest BCUT2D eigenvalue weighted by Gasteiger charge is -2.15. The molecule has 2 rings (SSSR count). The fraction of sp³-hybridized carbons (Fsp3) is 0.333. The van der Waals surface area contributed by atoms with Crippen LogP contribution in [0.4, 0.5) is 5.69 Å². The zero-order chi connectivity index (χ0) is 17.5. The highest BCUT2D eigenvalue weighted by Crippen LogP contribution is 2.26. The Labute approximate surface area is 141 Å². The van der Waals surface area contributed by atoms with Gasteiger partial charge in [-0.2, -0.15) is 0 Å². The first-order valence-electron chi connectivity index (χ1n) is 7.85. The number of rotatable bonds is 6. The predicted octanol–water partition coefficient (Wildman–Crippen LogP) is 3.09. The topological polar surface area (TPSA) is 81.2 Å². The van der Waals surface area contributed by atoms with Crippen molar-refractivity contribution < 1.29 is 14.3 Å². The standard InChI is InChI=1S/C18H21N3O3/c1-4-12(2)14-7-5-6-8-15(14)21-17(22)11-24-18(23)16-10-19-13(3)9-20-16/h5-10,12H,4,11H2,1-3H3,(H,21,22)/t12-/m1/s1. The summed E-state index contributed by atoms with van der Waals surface area (Å²) in [7, 11) is 0. The van der Waals surface area contributed by atoms with Crippen molar-refractivity contribution in [2.45, 2.75) is 33.1 Å². The Kier molecular flexibility index (Phi) is 6.01. The summed E-state index contributed by atoms with van der Waals surface area (Å²) in [6.45, 7) is 5.59. The van der Waals surface area contributed by atoms with Gasteiger partial charge in [-0.15, -0.1) is 0 Å². The Bertz CT molecular complexity index is 714. The number of anilines is 1. The summed E-state index contributed by atoms with van der Waals surface area (Å²) in [6, 6.07) is 7.62. The van der Waals surface area contributed by atoms with E-state index < -0.39 is 5.97 Å². The third-order valence-corrected chi connectivity index (χ3v) is 3.70. The number of carbonyl (C=O) groups is 2. The number of hydrogen-bond acceptors (Lipinski definition) is 5. The molecule has 0 fully saturated rings. The fourth-order valence-corrected chi connectivity index (χ4v) is 2.15. The molecule has 1 aromatic carbocycles. The largest absolute Gasteiger partial charge is 0.451 e. The minimum absolute atomic E-state index is 0.0772. The van der Waals surface area contributed by atoms with Crippen molar-refractivity contribution in [2.75, 3.05) is 11.9 Å². The highest BCUT2D eigenvalue weighted by atomic mass is 16.5. The molecule has 0 radical (unpaired) electrons. The van der Waals surface area contributed by atoms with Crippen molar-refractivity contribution >= 4 is 17.6 Å². The van der Waals surface area contributed by atoms with Crippen LogP contribution in [-0.4, -0.2) is 28.5 Å². The molecule has 0 spiro atoms.